The topological polar surface area (TPSA) is 135 Å². The molecule has 13 heteroatoms. The van der Waals surface area contributed by atoms with Crippen molar-refractivity contribution in [3.63, 3.8) is 0 Å². The smallest absolute Gasteiger partial charge is 0.295 e. The van der Waals surface area contributed by atoms with Crippen molar-refractivity contribution in [1.29, 1.82) is 0 Å². The number of anilines is 3. The SMILES string of the molecule is Cc1cn(C)nc1-c1ccc(Nc2cc(NC(=O)C3CC3(C)C)nc3[nH]c(C(F)F)nc23)c(S(C)(=O)=O)c1. The lowest BCUT2D eigenvalue weighted by Crippen LogP contribution is -2.17. The Balaban J connectivity index is 1.58. The highest BCUT2D eigenvalue weighted by atomic mass is 32.2. The molecule has 1 amide bonds. The maximum atomic E-state index is 13.4. The quantitative estimate of drug-likeness (QED) is 0.307. The Bertz CT molecular complexity index is 1690. The molecule has 0 aliphatic heterocycles. The zero-order chi connectivity index (χ0) is 27.6. The molecule has 10 nitrogen and oxygen atoms in total. The van der Waals surface area contributed by atoms with Crippen LogP contribution in [0.5, 0.6) is 0 Å². The average Bonchev–Trinajstić information content (AvgIpc) is 3.12. The van der Waals surface area contributed by atoms with Crippen LogP contribution in [0.4, 0.5) is 26.0 Å². The van der Waals surface area contributed by atoms with Crippen LogP contribution in [-0.4, -0.2) is 45.3 Å². The first-order valence-corrected chi connectivity index (χ1v) is 13.7. The molecule has 0 saturated heterocycles. The van der Waals surface area contributed by atoms with Crippen molar-refractivity contribution in [3.8, 4) is 11.3 Å². The van der Waals surface area contributed by atoms with Gasteiger partial charge >= 0.3 is 0 Å². The molecule has 38 heavy (non-hydrogen) atoms. The summed E-state index contributed by atoms with van der Waals surface area (Å²) in [7, 11) is -1.95. The third-order valence-corrected chi connectivity index (χ3v) is 7.83. The number of hydrogen-bond donors (Lipinski definition) is 3. The fourth-order valence-corrected chi connectivity index (χ4v) is 5.38. The van der Waals surface area contributed by atoms with Crippen LogP contribution in [0.2, 0.25) is 0 Å². The summed E-state index contributed by atoms with van der Waals surface area (Å²) in [6.07, 6.45) is 0.754. The minimum atomic E-state index is -3.73. The summed E-state index contributed by atoms with van der Waals surface area (Å²) in [5.74, 6) is -0.881. The van der Waals surface area contributed by atoms with E-state index >= 15 is 0 Å². The Morgan fingerprint density at radius 3 is 2.50 bits per heavy atom. The number of halogens is 2. The van der Waals surface area contributed by atoms with E-state index in [2.05, 4.69) is 30.7 Å². The van der Waals surface area contributed by atoms with E-state index in [1.165, 1.54) is 12.1 Å². The summed E-state index contributed by atoms with van der Waals surface area (Å²) in [6.45, 7) is 5.83. The molecule has 5 rings (SSSR count). The van der Waals surface area contributed by atoms with Gasteiger partial charge in [-0.3, -0.25) is 9.48 Å². The van der Waals surface area contributed by atoms with Gasteiger partial charge in [-0.1, -0.05) is 19.9 Å². The zero-order valence-electron chi connectivity index (χ0n) is 21.4. The summed E-state index contributed by atoms with van der Waals surface area (Å²) >= 11 is 0. The van der Waals surface area contributed by atoms with Crippen LogP contribution >= 0.6 is 0 Å². The Morgan fingerprint density at radius 1 is 1.21 bits per heavy atom. The lowest BCUT2D eigenvalue weighted by Gasteiger charge is -2.14. The monoisotopic (exact) mass is 543 g/mol. The summed E-state index contributed by atoms with van der Waals surface area (Å²) in [5.41, 5.74) is 2.51. The molecule has 0 radical (unpaired) electrons. The molecule has 1 saturated carbocycles. The molecule has 1 atom stereocenters. The summed E-state index contributed by atoms with van der Waals surface area (Å²) in [5, 5.41) is 10.2. The van der Waals surface area contributed by atoms with E-state index in [1.54, 1.807) is 23.9 Å². The maximum Gasteiger partial charge on any atom is 0.295 e. The van der Waals surface area contributed by atoms with Crippen molar-refractivity contribution in [2.75, 3.05) is 16.9 Å². The van der Waals surface area contributed by atoms with Gasteiger partial charge in [0.2, 0.25) is 5.91 Å². The van der Waals surface area contributed by atoms with E-state index in [9.17, 15) is 22.0 Å². The van der Waals surface area contributed by atoms with Crippen LogP contribution in [0.1, 0.15) is 38.1 Å². The van der Waals surface area contributed by atoms with Gasteiger partial charge in [-0.2, -0.15) is 5.10 Å². The third kappa shape index (κ3) is 4.85. The van der Waals surface area contributed by atoms with E-state index in [0.717, 1.165) is 18.2 Å². The fraction of sp³-hybridized carbons (Fsp3) is 0.360. The van der Waals surface area contributed by atoms with Crippen molar-refractivity contribution < 1.29 is 22.0 Å². The van der Waals surface area contributed by atoms with Crippen LogP contribution in [-0.2, 0) is 21.7 Å². The molecule has 1 fully saturated rings. The Hall–Kier alpha value is -3.87. The minimum absolute atomic E-state index is 0.0139. The first kappa shape index (κ1) is 25.8. The third-order valence-electron chi connectivity index (χ3n) is 6.69. The number of pyridine rings is 1. The van der Waals surface area contributed by atoms with Gasteiger partial charge in [0.1, 0.15) is 11.3 Å². The van der Waals surface area contributed by atoms with Gasteiger partial charge in [-0.25, -0.2) is 27.2 Å². The molecule has 3 aromatic heterocycles. The zero-order valence-corrected chi connectivity index (χ0v) is 22.2. The number of carbonyl (C=O) groups excluding carboxylic acids is 1. The first-order valence-electron chi connectivity index (χ1n) is 11.8. The molecule has 3 N–H and O–H groups in total. The van der Waals surface area contributed by atoms with Gasteiger partial charge in [0, 0.05) is 37.0 Å². The number of sulfone groups is 1. The van der Waals surface area contributed by atoms with E-state index in [4.69, 9.17) is 0 Å². The number of fused-ring (bicyclic) bond motifs is 1. The average molecular weight is 544 g/mol. The van der Waals surface area contributed by atoms with E-state index in [-0.39, 0.29) is 50.5 Å². The normalized spacial score (nSPS) is 16.7. The molecular formula is C25H27F2N7O3S. The number of hydrogen-bond acceptors (Lipinski definition) is 7. The standard InChI is InChI=1S/C25H27F2N7O3S/c1-12-11-34(4)33-19(12)13-6-7-15(17(8-13)38(5,36)37)28-16-9-18(30-24(35)14-10-25(14,2)3)29-22-20(16)31-23(32-22)21(26)27/h6-9,11,14,21H,10H2,1-5H3,(H3,28,29,30,31,32,35). The van der Waals surface area contributed by atoms with Gasteiger partial charge in [0.05, 0.1) is 22.0 Å². The van der Waals surface area contributed by atoms with Crippen molar-refractivity contribution in [2.24, 2.45) is 18.4 Å². The number of nitrogens with zero attached hydrogens (tertiary/aromatic N) is 4. The Kier molecular flexibility index (Phi) is 6.01. The lowest BCUT2D eigenvalue weighted by molar-refractivity contribution is -0.118. The molecule has 1 aliphatic carbocycles. The fourth-order valence-electron chi connectivity index (χ4n) is 4.52. The molecule has 3 heterocycles. The van der Waals surface area contributed by atoms with Crippen LogP contribution < -0.4 is 10.6 Å². The highest BCUT2D eigenvalue weighted by Crippen LogP contribution is 2.52. The van der Waals surface area contributed by atoms with Gasteiger partial charge in [0.15, 0.2) is 21.3 Å². The number of amides is 1. The van der Waals surface area contributed by atoms with Crippen molar-refractivity contribution in [1.82, 2.24) is 24.7 Å². The number of imidazole rings is 1. The molecule has 0 bridgehead atoms. The number of alkyl halides is 2. The number of aromatic amines is 1. The summed E-state index contributed by atoms with van der Waals surface area (Å²) in [6, 6.07) is 6.27. The Labute approximate surface area is 217 Å². The van der Waals surface area contributed by atoms with Crippen molar-refractivity contribution in [3.05, 3.63) is 41.9 Å². The molecule has 200 valence electrons. The first-order chi connectivity index (χ1) is 17.7. The van der Waals surface area contributed by atoms with Crippen molar-refractivity contribution >= 4 is 44.1 Å². The van der Waals surface area contributed by atoms with Gasteiger partial charge < -0.3 is 15.6 Å². The van der Waals surface area contributed by atoms with E-state index in [1.807, 2.05) is 27.0 Å². The predicted octanol–water partition coefficient (Wildman–Crippen LogP) is 4.74. The lowest BCUT2D eigenvalue weighted by atomic mass is 10.1. The largest absolute Gasteiger partial charge is 0.352 e. The highest BCUT2D eigenvalue weighted by molar-refractivity contribution is 7.90. The van der Waals surface area contributed by atoms with E-state index < -0.39 is 22.1 Å². The number of aromatic nitrogens is 5. The second-order valence-electron chi connectivity index (χ2n) is 10.4. The summed E-state index contributed by atoms with van der Waals surface area (Å²) in [4.78, 5) is 23.4. The number of carbonyl (C=O) groups is 1. The van der Waals surface area contributed by atoms with E-state index in [0.29, 0.717) is 11.3 Å². The van der Waals surface area contributed by atoms with Gasteiger partial charge in [0.25, 0.3) is 6.43 Å². The number of aryl methyl sites for hydroxylation is 2. The molecule has 4 aromatic rings. The second kappa shape index (κ2) is 8.86. The molecule has 1 aromatic carbocycles. The number of rotatable bonds is 7. The minimum Gasteiger partial charge on any atom is -0.352 e. The molecule has 1 unspecified atom stereocenters. The van der Waals surface area contributed by atoms with Gasteiger partial charge in [-0.15, -0.1) is 0 Å². The number of benzene rings is 1. The second-order valence-corrected chi connectivity index (χ2v) is 12.3. The van der Waals surface area contributed by atoms with Crippen LogP contribution in [0.15, 0.2) is 35.4 Å². The number of nitrogens with one attached hydrogen (secondary N) is 3. The predicted molar refractivity (Wildman–Crippen MR) is 139 cm³/mol. The summed E-state index contributed by atoms with van der Waals surface area (Å²) < 4.78 is 54.1. The van der Waals surface area contributed by atoms with Crippen LogP contribution in [0.25, 0.3) is 22.4 Å². The number of H-pyrrole nitrogens is 1. The highest BCUT2D eigenvalue weighted by Gasteiger charge is 2.50. The van der Waals surface area contributed by atoms with Gasteiger partial charge in [-0.05, 0) is 36.5 Å². The van der Waals surface area contributed by atoms with Crippen molar-refractivity contribution in [2.45, 2.75) is 38.5 Å². The Morgan fingerprint density at radius 2 is 1.92 bits per heavy atom. The van der Waals surface area contributed by atoms with Crippen LogP contribution in [0.3, 0.4) is 0 Å². The molecular weight excluding hydrogens is 516 g/mol. The molecule has 0 spiro atoms. The van der Waals surface area contributed by atoms with Crippen LogP contribution in [0, 0.1) is 18.3 Å². The maximum absolute atomic E-state index is 13.4. The molecule has 1 aliphatic rings.